The maximum absolute atomic E-state index is 13.6. The fourth-order valence-corrected chi connectivity index (χ4v) is 1.60. The van der Waals surface area contributed by atoms with E-state index in [4.69, 9.17) is 4.74 Å². The van der Waals surface area contributed by atoms with Crippen LogP contribution in [-0.2, 0) is 11.3 Å². The van der Waals surface area contributed by atoms with Gasteiger partial charge in [0.2, 0.25) is 0 Å². The lowest BCUT2D eigenvalue weighted by Crippen LogP contribution is -2.44. The van der Waals surface area contributed by atoms with Gasteiger partial charge < -0.3 is 15.4 Å². The van der Waals surface area contributed by atoms with Crippen LogP contribution < -0.4 is 10.6 Å². The topological polar surface area (TPSA) is 50.4 Å². The Hall–Kier alpha value is -1.76. The summed E-state index contributed by atoms with van der Waals surface area (Å²) in [5, 5.41) is 4.49. The molecule has 1 amide bonds. The number of benzene rings is 1. The Morgan fingerprint density at radius 2 is 1.82 bits per heavy atom. The second kappa shape index (κ2) is 7.49. The van der Waals surface area contributed by atoms with Crippen molar-refractivity contribution in [3.8, 4) is 0 Å². The highest BCUT2D eigenvalue weighted by Gasteiger charge is 2.30. The lowest BCUT2D eigenvalue weighted by molar-refractivity contribution is -0.00380. The van der Waals surface area contributed by atoms with Gasteiger partial charge >= 0.3 is 6.09 Å². The molecular formula is C15H21F3N2O2. The molecule has 0 heterocycles. The van der Waals surface area contributed by atoms with E-state index in [9.17, 15) is 18.0 Å². The Morgan fingerprint density at radius 1 is 1.18 bits per heavy atom. The van der Waals surface area contributed by atoms with Crippen molar-refractivity contribution in [2.24, 2.45) is 0 Å². The van der Waals surface area contributed by atoms with Gasteiger partial charge in [0.1, 0.15) is 11.4 Å². The molecule has 0 saturated carbocycles. The summed E-state index contributed by atoms with van der Waals surface area (Å²) >= 11 is 0. The summed E-state index contributed by atoms with van der Waals surface area (Å²) in [6.45, 7) is 3.36. The third-order valence-corrected chi connectivity index (χ3v) is 2.55. The molecule has 7 heteroatoms. The van der Waals surface area contributed by atoms with E-state index < -0.39 is 36.5 Å². The Balaban J connectivity index is 2.35. The number of rotatable bonds is 6. The summed E-state index contributed by atoms with van der Waals surface area (Å²) in [5.41, 5.74) is -0.443. The molecular weight excluding hydrogens is 297 g/mol. The first-order chi connectivity index (χ1) is 10.1. The maximum Gasteiger partial charge on any atom is 0.407 e. The highest BCUT2D eigenvalue weighted by atomic mass is 19.3. The fraction of sp³-hybridized carbons (Fsp3) is 0.533. The Bertz CT molecular complexity index is 502. The molecule has 0 radical (unpaired) electrons. The molecule has 1 rings (SSSR count). The van der Waals surface area contributed by atoms with Crippen molar-refractivity contribution in [2.75, 3.05) is 13.1 Å². The van der Waals surface area contributed by atoms with Crippen LogP contribution >= 0.6 is 0 Å². The number of ether oxygens (including phenoxy) is 1. The zero-order chi connectivity index (χ0) is 16.8. The van der Waals surface area contributed by atoms with Crippen LogP contribution in [0.2, 0.25) is 0 Å². The maximum atomic E-state index is 13.6. The van der Waals surface area contributed by atoms with E-state index in [1.807, 2.05) is 5.32 Å². The standard InChI is InChI=1S/C15H21F3N2O2/c1-14(2,3)22-13(21)20-10-15(17,18)9-19-8-11-6-4-5-7-12(11)16/h4-7,19H,8-10H2,1-3H3,(H,20,21). The van der Waals surface area contributed by atoms with Crippen LogP contribution in [0, 0.1) is 5.82 Å². The SMILES string of the molecule is CC(C)(C)OC(=O)NCC(F)(F)CNCc1ccccc1F. The summed E-state index contributed by atoms with van der Waals surface area (Å²) in [5.74, 6) is -3.62. The highest BCUT2D eigenvalue weighted by Crippen LogP contribution is 2.13. The summed E-state index contributed by atoms with van der Waals surface area (Å²) in [6.07, 6.45) is -0.902. The van der Waals surface area contributed by atoms with Gasteiger partial charge in [-0.05, 0) is 26.8 Å². The Labute approximate surface area is 128 Å². The fourth-order valence-electron chi connectivity index (χ4n) is 1.60. The van der Waals surface area contributed by atoms with Crippen LogP contribution in [0.15, 0.2) is 24.3 Å². The molecule has 0 bridgehead atoms. The average Bonchev–Trinajstić information content (AvgIpc) is 2.37. The second-order valence-electron chi connectivity index (χ2n) is 5.91. The molecule has 0 unspecified atom stereocenters. The van der Waals surface area contributed by atoms with Gasteiger partial charge in [0.05, 0.1) is 13.1 Å². The molecule has 2 N–H and O–H groups in total. The lowest BCUT2D eigenvalue weighted by atomic mass is 10.2. The number of carbonyl (C=O) groups is 1. The zero-order valence-corrected chi connectivity index (χ0v) is 12.9. The number of hydrogen-bond donors (Lipinski definition) is 2. The van der Waals surface area contributed by atoms with Gasteiger partial charge in [-0.1, -0.05) is 18.2 Å². The van der Waals surface area contributed by atoms with Gasteiger partial charge in [-0.25, -0.2) is 18.0 Å². The molecule has 1 aromatic rings. The Kier molecular flexibility index (Phi) is 6.22. The van der Waals surface area contributed by atoms with Crippen molar-refractivity contribution < 1.29 is 22.7 Å². The van der Waals surface area contributed by atoms with Crippen LogP contribution in [0.4, 0.5) is 18.0 Å². The van der Waals surface area contributed by atoms with Crippen molar-refractivity contribution >= 4 is 6.09 Å². The van der Waals surface area contributed by atoms with E-state index in [1.54, 1.807) is 26.8 Å². The quantitative estimate of drug-likeness (QED) is 0.847. The van der Waals surface area contributed by atoms with Gasteiger partial charge in [0.15, 0.2) is 0 Å². The molecule has 0 aliphatic rings. The molecule has 0 aliphatic heterocycles. The van der Waals surface area contributed by atoms with E-state index in [1.165, 1.54) is 18.2 Å². The van der Waals surface area contributed by atoms with Gasteiger partial charge in [-0.3, -0.25) is 0 Å². The molecule has 0 spiro atoms. The molecule has 1 aromatic carbocycles. The number of alkyl carbamates (subject to hydrolysis) is 1. The van der Waals surface area contributed by atoms with Crippen molar-refractivity contribution in [2.45, 2.75) is 38.8 Å². The minimum atomic E-state index is -3.16. The van der Waals surface area contributed by atoms with E-state index in [0.717, 1.165) is 0 Å². The molecule has 0 aliphatic carbocycles. The predicted molar refractivity (Wildman–Crippen MR) is 77.3 cm³/mol. The molecule has 0 fully saturated rings. The van der Waals surface area contributed by atoms with E-state index in [0.29, 0.717) is 5.56 Å². The molecule has 0 atom stereocenters. The zero-order valence-electron chi connectivity index (χ0n) is 12.9. The summed E-state index contributed by atoms with van der Waals surface area (Å²) in [7, 11) is 0. The van der Waals surface area contributed by atoms with E-state index in [2.05, 4.69) is 5.32 Å². The highest BCUT2D eigenvalue weighted by molar-refractivity contribution is 5.67. The van der Waals surface area contributed by atoms with Crippen LogP contribution in [-0.4, -0.2) is 30.7 Å². The molecule has 0 saturated heterocycles. The number of amides is 1. The predicted octanol–water partition coefficient (Wildman–Crippen LogP) is 3.08. The number of hydrogen-bond acceptors (Lipinski definition) is 3. The number of carbonyl (C=O) groups excluding carboxylic acids is 1. The van der Waals surface area contributed by atoms with Gasteiger partial charge in [0.25, 0.3) is 5.92 Å². The van der Waals surface area contributed by atoms with Crippen LogP contribution in [0.5, 0.6) is 0 Å². The molecule has 124 valence electrons. The third kappa shape index (κ3) is 7.31. The molecule has 0 aromatic heterocycles. The number of alkyl halides is 2. The first kappa shape index (κ1) is 18.3. The Morgan fingerprint density at radius 3 is 2.41 bits per heavy atom. The monoisotopic (exact) mass is 318 g/mol. The normalized spacial score (nSPS) is 12.1. The molecule has 22 heavy (non-hydrogen) atoms. The van der Waals surface area contributed by atoms with Crippen LogP contribution in [0.1, 0.15) is 26.3 Å². The van der Waals surface area contributed by atoms with Crippen LogP contribution in [0.25, 0.3) is 0 Å². The van der Waals surface area contributed by atoms with Gasteiger partial charge in [-0.2, -0.15) is 0 Å². The number of nitrogens with one attached hydrogen (secondary N) is 2. The van der Waals surface area contributed by atoms with E-state index >= 15 is 0 Å². The summed E-state index contributed by atoms with van der Waals surface area (Å²) in [6, 6.07) is 5.93. The van der Waals surface area contributed by atoms with Crippen LogP contribution in [0.3, 0.4) is 0 Å². The lowest BCUT2D eigenvalue weighted by Gasteiger charge is -2.22. The minimum absolute atomic E-state index is 0.0191. The average molecular weight is 318 g/mol. The largest absolute Gasteiger partial charge is 0.444 e. The van der Waals surface area contributed by atoms with Crippen molar-refractivity contribution in [1.29, 1.82) is 0 Å². The van der Waals surface area contributed by atoms with Crippen molar-refractivity contribution in [1.82, 2.24) is 10.6 Å². The van der Waals surface area contributed by atoms with Crippen molar-refractivity contribution in [3.63, 3.8) is 0 Å². The number of halogens is 3. The second-order valence-corrected chi connectivity index (χ2v) is 5.91. The van der Waals surface area contributed by atoms with Gasteiger partial charge in [-0.15, -0.1) is 0 Å². The van der Waals surface area contributed by atoms with Crippen molar-refractivity contribution in [3.05, 3.63) is 35.6 Å². The van der Waals surface area contributed by atoms with E-state index in [-0.39, 0.29) is 6.54 Å². The minimum Gasteiger partial charge on any atom is -0.444 e. The third-order valence-electron chi connectivity index (χ3n) is 2.55. The summed E-state index contributed by atoms with van der Waals surface area (Å²) < 4.78 is 45.4. The summed E-state index contributed by atoms with van der Waals surface area (Å²) in [4.78, 5) is 11.3. The van der Waals surface area contributed by atoms with Gasteiger partial charge in [0, 0.05) is 12.1 Å². The smallest absolute Gasteiger partial charge is 0.407 e. The first-order valence-electron chi connectivity index (χ1n) is 6.88. The first-order valence-corrected chi connectivity index (χ1v) is 6.88. The molecule has 4 nitrogen and oxygen atoms in total.